The lowest BCUT2D eigenvalue weighted by molar-refractivity contribution is -0.137. The first-order valence-corrected chi connectivity index (χ1v) is 8.83. The van der Waals surface area contributed by atoms with E-state index in [0.717, 1.165) is 16.9 Å². The molecule has 140 valence electrons. The van der Waals surface area contributed by atoms with Gasteiger partial charge in [0.25, 0.3) is 0 Å². The van der Waals surface area contributed by atoms with E-state index in [1.54, 1.807) is 14.0 Å². The number of rotatable bonds is 7. The monoisotopic (exact) mass is 354 g/mol. The van der Waals surface area contributed by atoms with Crippen LogP contribution >= 0.6 is 0 Å². The molecule has 0 bridgehead atoms. The minimum atomic E-state index is -0.309. The van der Waals surface area contributed by atoms with Crippen LogP contribution in [0.1, 0.15) is 43.0 Å². The molecule has 0 atom stereocenters. The van der Waals surface area contributed by atoms with E-state index >= 15 is 0 Å². The zero-order valence-electron chi connectivity index (χ0n) is 17.0. The highest BCUT2D eigenvalue weighted by Crippen LogP contribution is 2.28. The lowest BCUT2D eigenvalue weighted by atomic mass is 9.96. The molecule has 0 unspecified atom stereocenters. The topological polar surface area (TPSA) is 35.5 Å². The largest absolute Gasteiger partial charge is 0.496 e. The van der Waals surface area contributed by atoms with Crippen LogP contribution in [0.25, 0.3) is 6.08 Å². The summed E-state index contributed by atoms with van der Waals surface area (Å²) in [6.45, 7) is 12.4. The van der Waals surface area contributed by atoms with Gasteiger partial charge >= 0.3 is 5.97 Å². The number of carbonyl (C=O) groups is 1. The van der Waals surface area contributed by atoms with Crippen molar-refractivity contribution in [3.63, 3.8) is 0 Å². The van der Waals surface area contributed by atoms with Crippen LogP contribution in [-0.4, -0.2) is 19.7 Å². The van der Waals surface area contributed by atoms with E-state index in [9.17, 15) is 4.79 Å². The highest BCUT2D eigenvalue weighted by Gasteiger charge is 2.08. The molecule has 0 saturated carbocycles. The Morgan fingerprint density at radius 1 is 1.08 bits per heavy atom. The van der Waals surface area contributed by atoms with Crippen molar-refractivity contribution in [3.05, 3.63) is 69.8 Å². The van der Waals surface area contributed by atoms with Gasteiger partial charge in [0, 0.05) is 6.08 Å². The normalized spacial score (nSPS) is 12.9. The fourth-order valence-corrected chi connectivity index (χ4v) is 2.57. The summed E-state index contributed by atoms with van der Waals surface area (Å²) in [5.41, 5.74) is 6.79. The number of esters is 1. The van der Waals surface area contributed by atoms with Gasteiger partial charge in [0.05, 0.1) is 13.7 Å². The maximum Gasteiger partial charge on any atom is 0.330 e. The summed E-state index contributed by atoms with van der Waals surface area (Å²) in [5, 5.41) is 0. The van der Waals surface area contributed by atoms with E-state index in [0.29, 0.717) is 6.61 Å². The molecule has 3 heteroatoms. The Labute approximate surface area is 157 Å². The first-order chi connectivity index (χ1) is 12.3. The highest BCUT2D eigenvalue weighted by molar-refractivity contribution is 5.83. The van der Waals surface area contributed by atoms with Crippen LogP contribution in [0.15, 0.2) is 47.6 Å². The van der Waals surface area contributed by atoms with Gasteiger partial charge in [-0.05, 0) is 75.4 Å². The van der Waals surface area contributed by atoms with Gasteiger partial charge in [-0.3, -0.25) is 0 Å². The molecule has 0 heterocycles. The molecule has 0 aliphatic rings. The molecule has 0 aromatic heterocycles. The molecule has 0 N–H and O–H groups in total. The fraction of sp³-hybridized carbons (Fsp3) is 0.348. The van der Waals surface area contributed by atoms with Crippen LogP contribution in [0.4, 0.5) is 0 Å². The van der Waals surface area contributed by atoms with Gasteiger partial charge in [0.2, 0.25) is 0 Å². The van der Waals surface area contributed by atoms with Gasteiger partial charge in [0.1, 0.15) is 5.75 Å². The molecule has 1 rings (SSSR count). The third-order valence-electron chi connectivity index (χ3n) is 4.19. The summed E-state index contributed by atoms with van der Waals surface area (Å²) in [4.78, 5) is 11.4. The van der Waals surface area contributed by atoms with Gasteiger partial charge in [-0.2, -0.15) is 0 Å². The SMILES string of the molecule is CCOC(=O)\C=C(C)/C=C\C=C(C)\C=C/c1c(C)cc(OC)c(C)c1C. The Hall–Kier alpha value is -2.55. The summed E-state index contributed by atoms with van der Waals surface area (Å²) in [7, 11) is 1.70. The highest BCUT2D eigenvalue weighted by atomic mass is 16.5. The number of aryl methyl sites for hydroxylation is 1. The maximum absolute atomic E-state index is 11.4. The molecule has 0 saturated heterocycles. The van der Waals surface area contributed by atoms with Crippen LogP contribution in [0.2, 0.25) is 0 Å². The number of ether oxygens (including phenoxy) is 2. The van der Waals surface area contributed by atoms with Gasteiger partial charge in [-0.15, -0.1) is 0 Å². The molecule has 1 aromatic rings. The van der Waals surface area contributed by atoms with Crippen LogP contribution in [-0.2, 0) is 9.53 Å². The third-order valence-corrected chi connectivity index (χ3v) is 4.19. The van der Waals surface area contributed by atoms with E-state index in [1.165, 1.54) is 28.3 Å². The van der Waals surface area contributed by atoms with Crippen molar-refractivity contribution in [2.45, 2.75) is 41.5 Å². The third kappa shape index (κ3) is 6.40. The molecule has 0 amide bonds. The molecule has 0 aliphatic carbocycles. The summed E-state index contributed by atoms with van der Waals surface area (Å²) in [6, 6.07) is 2.07. The van der Waals surface area contributed by atoms with Crippen LogP contribution in [0.3, 0.4) is 0 Å². The Morgan fingerprint density at radius 3 is 2.38 bits per heavy atom. The van der Waals surface area contributed by atoms with Crippen LogP contribution in [0.5, 0.6) is 5.75 Å². The fourth-order valence-electron chi connectivity index (χ4n) is 2.57. The minimum absolute atomic E-state index is 0.309. The second kappa shape index (κ2) is 10.4. The Kier molecular flexibility index (Phi) is 8.63. The van der Waals surface area contributed by atoms with Crippen molar-refractivity contribution in [1.82, 2.24) is 0 Å². The lowest BCUT2D eigenvalue weighted by Crippen LogP contribution is -1.99. The molecule has 0 spiro atoms. The van der Waals surface area contributed by atoms with E-state index in [1.807, 2.05) is 32.1 Å². The molecule has 0 fully saturated rings. The maximum atomic E-state index is 11.4. The standard InChI is InChI=1S/C23H30O3/c1-8-26-23(24)14-17(3)11-9-10-16(2)12-13-21-18(4)15-22(25-7)20(6)19(21)5/h9-15H,8H2,1-7H3/b11-9-,13-12-,16-10+,17-14-. The number of allylic oxidation sites excluding steroid dienone is 6. The zero-order chi connectivity index (χ0) is 19.7. The second-order valence-corrected chi connectivity index (χ2v) is 6.30. The number of carbonyl (C=O) groups excluding carboxylic acids is 1. The molecule has 3 nitrogen and oxygen atoms in total. The molecule has 1 aromatic carbocycles. The molecular formula is C23H30O3. The first-order valence-electron chi connectivity index (χ1n) is 8.83. The predicted molar refractivity (Wildman–Crippen MR) is 110 cm³/mol. The smallest absolute Gasteiger partial charge is 0.330 e. The van der Waals surface area contributed by atoms with E-state index in [4.69, 9.17) is 9.47 Å². The van der Waals surface area contributed by atoms with Crippen LogP contribution < -0.4 is 4.74 Å². The summed E-state index contributed by atoms with van der Waals surface area (Å²) < 4.78 is 10.3. The van der Waals surface area contributed by atoms with Crippen molar-refractivity contribution in [2.75, 3.05) is 13.7 Å². The number of hydrogen-bond acceptors (Lipinski definition) is 3. The average molecular weight is 354 g/mol. The minimum Gasteiger partial charge on any atom is -0.496 e. The van der Waals surface area contributed by atoms with Crippen LogP contribution in [0, 0.1) is 20.8 Å². The Bertz CT molecular complexity index is 762. The quantitative estimate of drug-likeness (QED) is 0.361. The average Bonchev–Trinajstić information content (AvgIpc) is 2.58. The zero-order valence-corrected chi connectivity index (χ0v) is 17.0. The van der Waals surface area contributed by atoms with Gasteiger partial charge in [-0.25, -0.2) is 4.79 Å². The number of methoxy groups -OCH3 is 1. The van der Waals surface area contributed by atoms with E-state index < -0.39 is 0 Å². The first kappa shape index (κ1) is 21.5. The van der Waals surface area contributed by atoms with Gasteiger partial charge < -0.3 is 9.47 Å². The van der Waals surface area contributed by atoms with Crippen molar-refractivity contribution in [3.8, 4) is 5.75 Å². The molecule has 26 heavy (non-hydrogen) atoms. The molecule has 0 aliphatic heterocycles. The van der Waals surface area contributed by atoms with E-state index in [2.05, 4.69) is 39.0 Å². The lowest BCUT2D eigenvalue weighted by Gasteiger charge is -2.13. The van der Waals surface area contributed by atoms with Crippen molar-refractivity contribution >= 4 is 12.0 Å². The van der Waals surface area contributed by atoms with Gasteiger partial charge in [-0.1, -0.05) is 36.0 Å². The number of benzene rings is 1. The Balaban J connectivity index is 2.89. The second-order valence-electron chi connectivity index (χ2n) is 6.30. The molecule has 0 radical (unpaired) electrons. The van der Waals surface area contributed by atoms with Crippen molar-refractivity contribution in [2.24, 2.45) is 0 Å². The van der Waals surface area contributed by atoms with Gasteiger partial charge in [0.15, 0.2) is 0 Å². The van der Waals surface area contributed by atoms with Crippen molar-refractivity contribution < 1.29 is 14.3 Å². The van der Waals surface area contributed by atoms with E-state index in [-0.39, 0.29) is 5.97 Å². The predicted octanol–water partition coefficient (Wildman–Crippen LogP) is 5.65. The summed E-state index contributed by atoms with van der Waals surface area (Å²) in [6.07, 6.45) is 11.6. The number of hydrogen-bond donors (Lipinski definition) is 0. The summed E-state index contributed by atoms with van der Waals surface area (Å²) >= 11 is 0. The molecular weight excluding hydrogens is 324 g/mol. The summed E-state index contributed by atoms with van der Waals surface area (Å²) in [5.74, 6) is 0.618. The Morgan fingerprint density at radius 2 is 1.77 bits per heavy atom. The van der Waals surface area contributed by atoms with Crippen molar-refractivity contribution in [1.29, 1.82) is 0 Å².